The van der Waals surface area contributed by atoms with Crippen LogP contribution in [0.5, 0.6) is 11.5 Å². The Hall–Kier alpha value is -2.77. The monoisotopic (exact) mass is 327 g/mol. The quantitative estimate of drug-likeness (QED) is 0.476. The molecule has 0 aliphatic rings. The van der Waals surface area contributed by atoms with Gasteiger partial charge in [-0.25, -0.2) is 0 Å². The van der Waals surface area contributed by atoms with Crippen molar-refractivity contribution in [3.63, 3.8) is 0 Å². The number of halogens is 1. The molecule has 2 aromatic carbocycles. The molecule has 0 aliphatic carbocycles. The summed E-state index contributed by atoms with van der Waals surface area (Å²) < 4.78 is 10.3. The lowest BCUT2D eigenvalue weighted by molar-refractivity contribution is -0.108. The fraction of sp³-hybridized carbons (Fsp3) is 0.111. The number of rotatable bonds is 5. The zero-order valence-electron chi connectivity index (χ0n) is 12.7. The normalized spacial score (nSPS) is 9.65. The van der Waals surface area contributed by atoms with Crippen molar-refractivity contribution in [3.8, 4) is 17.6 Å². The van der Waals surface area contributed by atoms with E-state index in [9.17, 15) is 10.1 Å². The van der Waals surface area contributed by atoms with Gasteiger partial charge in [0.15, 0.2) is 0 Å². The summed E-state index contributed by atoms with van der Waals surface area (Å²) in [7, 11) is 3.14. The summed E-state index contributed by atoms with van der Waals surface area (Å²) in [6.07, 6.45) is 0. The Labute approximate surface area is 139 Å². The van der Waals surface area contributed by atoms with Crippen LogP contribution < -0.4 is 9.47 Å². The molecule has 0 aromatic heterocycles. The van der Waals surface area contributed by atoms with Crippen LogP contribution in [-0.2, 0) is 4.79 Å². The van der Waals surface area contributed by atoms with Gasteiger partial charge in [0.25, 0.3) is 5.24 Å². The van der Waals surface area contributed by atoms with Gasteiger partial charge in [-0.15, -0.1) is 0 Å². The molecular weight excluding hydrogens is 314 g/mol. The van der Waals surface area contributed by atoms with E-state index in [1.54, 1.807) is 62.8 Å². The molecule has 5 heteroatoms. The molecule has 0 N–H and O–H groups in total. The van der Waals surface area contributed by atoms with Gasteiger partial charge in [-0.2, -0.15) is 5.26 Å². The molecule has 2 rings (SSSR count). The van der Waals surface area contributed by atoms with Gasteiger partial charge in [0.2, 0.25) is 0 Å². The molecule has 0 heterocycles. The van der Waals surface area contributed by atoms with Crippen molar-refractivity contribution in [2.45, 2.75) is 0 Å². The second-order valence-electron chi connectivity index (χ2n) is 4.59. The van der Waals surface area contributed by atoms with Gasteiger partial charge in [-0.3, -0.25) is 4.79 Å². The molecule has 23 heavy (non-hydrogen) atoms. The molecule has 4 nitrogen and oxygen atoms in total. The maximum absolute atomic E-state index is 11.6. The Morgan fingerprint density at radius 1 is 0.913 bits per heavy atom. The predicted octanol–water partition coefficient (Wildman–Crippen LogP) is 3.79. The van der Waals surface area contributed by atoms with Gasteiger partial charge in [-0.05, 0) is 47.0 Å². The molecular formula is C18H14ClNO3. The van der Waals surface area contributed by atoms with Crippen LogP contribution in [0.1, 0.15) is 11.1 Å². The molecule has 0 amide bonds. The van der Waals surface area contributed by atoms with Gasteiger partial charge < -0.3 is 9.47 Å². The summed E-state index contributed by atoms with van der Waals surface area (Å²) in [4.78, 5) is 11.6. The lowest BCUT2D eigenvalue weighted by Gasteiger charge is -2.11. The van der Waals surface area contributed by atoms with E-state index < -0.39 is 5.24 Å². The molecule has 0 saturated carbocycles. The van der Waals surface area contributed by atoms with E-state index in [2.05, 4.69) is 0 Å². The lowest BCUT2D eigenvalue weighted by atomic mass is 9.93. The minimum atomic E-state index is -0.797. The number of benzene rings is 2. The fourth-order valence-electron chi connectivity index (χ4n) is 2.17. The van der Waals surface area contributed by atoms with Crippen LogP contribution in [-0.4, -0.2) is 19.5 Å². The van der Waals surface area contributed by atoms with E-state index in [0.29, 0.717) is 28.2 Å². The molecule has 0 spiro atoms. The molecule has 2 aromatic rings. The van der Waals surface area contributed by atoms with Crippen molar-refractivity contribution in [3.05, 3.63) is 65.2 Å². The average molecular weight is 328 g/mol. The minimum absolute atomic E-state index is 0.109. The highest BCUT2D eigenvalue weighted by Crippen LogP contribution is 2.30. The number of ether oxygens (including phenoxy) is 2. The first-order chi connectivity index (χ1) is 11.1. The first-order valence-electron chi connectivity index (χ1n) is 6.73. The molecule has 0 saturated heterocycles. The summed E-state index contributed by atoms with van der Waals surface area (Å²) in [5.41, 5.74) is 1.75. The highest BCUT2D eigenvalue weighted by Gasteiger charge is 2.17. The summed E-state index contributed by atoms with van der Waals surface area (Å²) >= 11 is 5.59. The van der Waals surface area contributed by atoms with E-state index >= 15 is 0 Å². The van der Waals surface area contributed by atoms with Crippen molar-refractivity contribution in [1.82, 2.24) is 0 Å². The molecule has 0 aliphatic heterocycles. The van der Waals surface area contributed by atoms with E-state index in [0.717, 1.165) is 0 Å². The fourth-order valence-corrected chi connectivity index (χ4v) is 2.31. The highest BCUT2D eigenvalue weighted by atomic mass is 35.5. The second-order valence-corrected chi connectivity index (χ2v) is 4.94. The first kappa shape index (κ1) is 16.6. The summed E-state index contributed by atoms with van der Waals surface area (Å²) in [6.45, 7) is 0. The topological polar surface area (TPSA) is 59.3 Å². The van der Waals surface area contributed by atoms with E-state index in [-0.39, 0.29) is 5.57 Å². The predicted molar refractivity (Wildman–Crippen MR) is 88.5 cm³/mol. The number of hydrogen-bond donors (Lipinski definition) is 0. The highest BCUT2D eigenvalue weighted by molar-refractivity contribution is 6.69. The first-order valence-corrected chi connectivity index (χ1v) is 7.11. The lowest BCUT2D eigenvalue weighted by Crippen LogP contribution is -1.99. The molecule has 0 fully saturated rings. The number of nitrogens with zero attached hydrogens (tertiary/aromatic N) is 1. The van der Waals surface area contributed by atoms with E-state index in [1.165, 1.54) is 0 Å². The van der Waals surface area contributed by atoms with Gasteiger partial charge in [-0.1, -0.05) is 24.3 Å². The molecule has 0 radical (unpaired) electrons. The van der Waals surface area contributed by atoms with Crippen LogP contribution in [0.25, 0.3) is 5.57 Å². The number of carbonyl (C=O) groups is 1. The van der Waals surface area contributed by atoms with E-state index in [4.69, 9.17) is 21.1 Å². The second kappa shape index (κ2) is 7.48. The summed E-state index contributed by atoms with van der Waals surface area (Å²) in [5.74, 6) is 1.36. The third-order valence-electron chi connectivity index (χ3n) is 3.32. The standard InChI is InChI=1S/C18H14ClNO3/c1-22-14-7-3-12(4-8-14)17(16(11-20)18(19)21)13-5-9-15(23-2)10-6-13/h3-10H,1-2H3. The summed E-state index contributed by atoms with van der Waals surface area (Å²) in [6, 6.07) is 16.0. The molecule has 0 bridgehead atoms. The van der Waals surface area contributed by atoms with Crippen LogP contribution in [0.3, 0.4) is 0 Å². The average Bonchev–Trinajstić information content (AvgIpc) is 2.59. The maximum Gasteiger partial charge on any atom is 0.263 e. The molecule has 0 atom stereocenters. The maximum atomic E-state index is 11.6. The number of carbonyl (C=O) groups excluding carboxylic acids is 1. The van der Waals surface area contributed by atoms with Gasteiger partial charge in [0, 0.05) is 5.57 Å². The third kappa shape index (κ3) is 3.71. The smallest absolute Gasteiger partial charge is 0.263 e. The SMILES string of the molecule is COc1ccc(C(=C(C#N)C(=O)Cl)c2ccc(OC)cc2)cc1. The van der Waals surface area contributed by atoms with E-state index in [1.807, 2.05) is 6.07 Å². The Balaban J connectivity index is 2.64. The zero-order valence-corrected chi connectivity index (χ0v) is 13.4. The minimum Gasteiger partial charge on any atom is -0.497 e. The number of hydrogen-bond acceptors (Lipinski definition) is 4. The number of allylic oxidation sites excluding steroid dienone is 1. The van der Waals surface area contributed by atoms with Gasteiger partial charge in [0.1, 0.15) is 23.1 Å². The van der Waals surface area contributed by atoms with Crippen LogP contribution in [0.2, 0.25) is 0 Å². The Kier molecular flexibility index (Phi) is 5.40. The van der Waals surface area contributed by atoms with Crippen molar-refractivity contribution < 1.29 is 14.3 Å². The largest absolute Gasteiger partial charge is 0.497 e. The van der Waals surface area contributed by atoms with Crippen LogP contribution in [0.15, 0.2) is 54.1 Å². The molecule has 116 valence electrons. The van der Waals surface area contributed by atoms with Gasteiger partial charge in [0.05, 0.1) is 14.2 Å². The third-order valence-corrected chi connectivity index (χ3v) is 3.50. The Morgan fingerprint density at radius 2 is 1.30 bits per heavy atom. The Morgan fingerprint density at radius 3 is 1.57 bits per heavy atom. The summed E-state index contributed by atoms with van der Waals surface area (Å²) in [5, 5.41) is 8.53. The van der Waals surface area contributed by atoms with Crippen molar-refractivity contribution >= 4 is 22.4 Å². The van der Waals surface area contributed by atoms with Crippen LogP contribution in [0.4, 0.5) is 0 Å². The van der Waals surface area contributed by atoms with Gasteiger partial charge >= 0.3 is 0 Å². The van der Waals surface area contributed by atoms with Crippen molar-refractivity contribution in [2.75, 3.05) is 14.2 Å². The van der Waals surface area contributed by atoms with Crippen LogP contribution in [0, 0.1) is 11.3 Å². The van der Waals surface area contributed by atoms with Crippen LogP contribution >= 0.6 is 11.6 Å². The van der Waals surface area contributed by atoms with Crippen molar-refractivity contribution in [1.29, 1.82) is 5.26 Å². The zero-order chi connectivity index (χ0) is 16.8. The number of nitriles is 1. The number of methoxy groups -OCH3 is 2. The Bertz CT molecular complexity index is 722. The molecule has 0 unspecified atom stereocenters. The van der Waals surface area contributed by atoms with Crippen molar-refractivity contribution in [2.24, 2.45) is 0 Å².